The molecule has 0 aliphatic carbocycles. The van der Waals surface area contributed by atoms with Gasteiger partial charge in [0.05, 0.1) is 6.26 Å². The molecule has 3 rings (SSSR count). The molecular weight excluding hydrogens is 347 g/mol. The Bertz CT molecular complexity index is 959. The molecule has 3 aromatic rings. The van der Waals surface area contributed by atoms with E-state index in [-0.39, 0.29) is 18.0 Å². The van der Waals surface area contributed by atoms with Crippen LogP contribution in [-0.4, -0.2) is 12.7 Å². The van der Waals surface area contributed by atoms with Gasteiger partial charge in [0.15, 0.2) is 12.3 Å². The van der Waals surface area contributed by atoms with Crippen LogP contribution in [0.2, 0.25) is 0 Å². The standard InChI is InChI=1S/C19H18F3NO3/c1-12-5-6-16-14(8-17(24)26-18(16)13(12)2)9-23(11-19(20,21)22)10-15-4-3-7-25-15/h3-8H,9-11H2,1-2H3/p+1. The van der Waals surface area contributed by atoms with Crippen molar-refractivity contribution in [1.29, 1.82) is 0 Å². The van der Waals surface area contributed by atoms with Crippen molar-refractivity contribution in [2.75, 3.05) is 6.54 Å². The molecule has 0 amide bonds. The second kappa shape index (κ2) is 6.99. The molecule has 0 saturated heterocycles. The Morgan fingerprint density at radius 1 is 1.12 bits per heavy atom. The van der Waals surface area contributed by atoms with E-state index in [1.165, 1.54) is 12.3 Å². The van der Waals surface area contributed by atoms with Gasteiger partial charge in [0.2, 0.25) is 0 Å². The molecule has 2 aromatic heterocycles. The molecule has 1 aromatic carbocycles. The van der Waals surface area contributed by atoms with Gasteiger partial charge in [-0.15, -0.1) is 0 Å². The lowest BCUT2D eigenvalue weighted by atomic mass is 10.0. The molecule has 0 fully saturated rings. The van der Waals surface area contributed by atoms with Crippen LogP contribution >= 0.6 is 0 Å². The fourth-order valence-corrected chi connectivity index (χ4v) is 3.07. The molecule has 26 heavy (non-hydrogen) atoms. The molecule has 7 heteroatoms. The first-order valence-electron chi connectivity index (χ1n) is 8.18. The average molecular weight is 366 g/mol. The summed E-state index contributed by atoms with van der Waals surface area (Å²) in [6, 6.07) is 8.21. The summed E-state index contributed by atoms with van der Waals surface area (Å²) in [5.41, 5.74) is 2.16. The van der Waals surface area contributed by atoms with Crippen molar-refractivity contribution in [3.63, 3.8) is 0 Å². The quantitative estimate of drug-likeness (QED) is 0.706. The van der Waals surface area contributed by atoms with Gasteiger partial charge in [-0.3, -0.25) is 0 Å². The Labute approximate surface area is 147 Å². The van der Waals surface area contributed by atoms with E-state index < -0.39 is 18.3 Å². The first-order valence-corrected chi connectivity index (χ1v) is 8.18. The van der Waals surface area contributed by atoms with Gasteiger partial charge in [-0.25, -0.2) is 4.79 Å². The average Bonchev–Trinajstić information content (AvgIpc) is 3.02. The highest BCUT2D eigenvalue weighted by atomic mass is 19.4. The predicted octanol–water partition coefficient (Wildman–Crippen LogP) is 3.15. The molecule has 0 aliphatic heterocycles. The van der Waals surface area contributed by atoms with Crippen LogP contribution in [0.25, 0.3) is 11.0 Å². The van der Waals surface area contributed by atoms with Gasteiger partial charge >= 0.3 is 11.8 Å². The third kappa shape index (κ3) is 4.16. The highest BCUT2D eigenvalue weighted by Gasteiger charge is 2.34. The van der Waals surface area contributed by atoms with Crippen LogP contribution < -0.4 is 10.5 Å². The fraction of sp³-hybridized carbons (Fsp3) is 0.316. The summed E-state index contributed by atoms with van der Waals surface area (Å²) in [4.78, 5) is 12.2. The maximum Gasteiger partial charge on any atom is 0.438 e. The van der Waals surface area contributed by atoms with Crippen LogP contribution in [0.5, 0.6) is 0 Å². The Morgan fingerprint density at radius 2 is 1.88 bits per heavy atom. The Kier molecular flexibility index (Phi) is 4.91. The molecular formula is C19H19F3NO3+. The number of halogens is 3. The van der Waals surface area contributed by atoms with Gasteiger partial charge in [0.25, 0.3) is 0 Å². The lowest BCUT2D eigenvalue weighted by Crippen LogP contribution is -3.10. The van der Waals surface area contributed by atoms with Crippen molar-refractivity contribution in [3.05, 3.63) is 69.5 Å². The minimum atomic E-state index is -4.33. The summed E-state index contributed by atoms with van der Waals surface area (Å²) in [5.74, 6) is 0.462. The van der Waals surface area contributed by atoms with Crippen LogP contribution in [0.1, 0.15) is 22.5 Å². The second-order valence-corrected chi connectivity index (χ2v) is 6.45. The minimum absolute atomic E-state index is 0.0326. The maximum atomic E-state index is 13.0. The number of alkyl halides is 3. The molecule has 0 spiro atoms. The van der Waals surface area contributed by atoms with Crippen LogP contribution in [0, 0.1) is 13.8 Å². The number of benzene rings is 1. The zero-order valence-electron chi connectivity index (χ0n) is 14.4. The lowest BCUT2D eigenvalue weighted by molar-refractivity contribution is -0.938. The van der Waals surface area contributed by atoms with E-state index in [9.17, 15) is 18.0 Å². The summed E-state index contributed by atoms with van der Waals surface area (Å²) in [6.07, 6.45) is -2.90. The number of rotatable bonds is 5. The van der Waals surface area contributed by atoms with Gasteiger partial charge in [-0.05, 0) is 37.1 Å². The monoisotopic (exact) mass is 366 g/mol. The number of fused-ring (bicyclic) bond motifs is 1. The van der Waals surface area contributed by atoms with Crippen molar-refractivity contribution in [1.82, 2.24) is 0 Å². The van der Waals surface area contributed by atoms with E-state index in [0.717, 1.165) is 11.1 Å². The Morgan fingerprint density at radius 3 is 2.54 bits per heavy atom. The molecule has 0 bridgehead atoms. The third-order valence-corrected chi connectivity index (χ3v) is 4.41. The molecule has 0 radical (unpaired) electrons. The van der Waals surface area contributed by atoms with Gasteiger partial charge in [0, 0.05) is 17.0 Å². The van der Waals surface area contributed by atoms with Crippen molar-refractivity contribution in [2.24, 2.45) is 0 Å². The molecule has 0 aliphatic rings. The van der Waals surface area contributed by atoms with E-state index in [1.807, 2.05) is 19.9 Å². The number of hydrogen-bond donors (Lipinski definition) is 1. The molecule has 1 unspecified atom stereocenters. The highest BCUT2D eigenvalue weighted by Crippen LogP contribution is 2.23. The van der Waals surface area contributed by atoms with E-state index in [2.05, 4.69) is 0 Å². The van der Waals surface area contributed by atoms with E-state index in [4.69, 9.17) is 8.83 Å². The predicted molar refractivity (Wildman–Crippen MR) is 90.0 cm³/mol. The Hall–Kier alpha value is -2.54. The van der Waals surface area contributed by atoms with E-state index in [1.54, 1.807) is 18.2 Å². The summed E-state index contributed by atoms with van der Waals surface area (Å²) in [5, 5.41) is 0.659. The van der Waals surface area contributed by atoms with Crippen molar-refractivity contribution < 1.29 is 26.9 Å². The summed E-state index contributed by atoms with van der Waals surface area (Å²) in [7, 11) is 0. The number of nitrogens with one attached hydrogen (secondary N) is 1. The lowest BCUT2D eigenvalue weighted by Gasteiger charge is -2.20. The van der Waals surface area contributed by atoms with Gasteiger partial charge in [-0.1, -0.05) is 12.1 Å². The van der Waals surface area contributed by atoms with Crippen molar-refractivity contribution >= 4 is 11.0 Å². The SMILES string of the molecule is Cc1ccc2c(C[NH+](Cc3ccco3)CC(F)(F)F)cc(=O)oc2c1C. The normalized spacial score (nSPS) is 13.3. The molecule has 0 saturated carbocycles. The highest BCUT2D eigenvalue weighted by molar-refractivity contribution is 5.83. The van der Waals surface area contributed by atoms with Crippen LogP contribution in [0.4, 0.5) is 13.2 Å². The van der Waals surface area contributed by atoms with Crippen molar-refractivity contribution in [2.45, 2.75) is 33.1 Å². The van der Waals surface area contributed by atoms with E-state index >= 15 is 0 Å². The molecule has 1 N–H and O–H groups in total. The van der Waals surface area contributed by atoms with Gasteiger partial charge < -0.3 is 13.7 Å². The maximum absolute atomic E-state index is 13.0. The molecule has 138 valence electrons. The Balaban J connectivity index is 2.00. The molecule has 4 nitrogen and oxygen atoms in total. The zero-order chi connectivity index (χ0) is 18.9. The largest absolute Gasteiger partial charge is 0.463 e. The van der Waals surface area contributed by atoms with Gasteiger partial charge in [0.1, 0.15) is 18.7 Å². The second-order valence-electron chi connectivity index (χ2n) is 6.45. The first kappa shape index (κ1) is 18.3. The van der Waals surface area contributed by atoms with Crippen LogP contribution in [-0.2, 0) is 13.1 Å². The third-order valence-electron chi connectivity index (χ3n) is 4.41. The fourth-order valence-electron chi connectivity index (χ4n) is 3.07. The minimum Gasteiger partial charge on any atom is -0.463 e. The number of furan rings is 1. The summed E-state index contributed by atoms with van der Waals surface area (Å²) in [6.45, 7) is 2.79. The number of hydrogen-bond acceptors (Lipinski definition) is 3. The number of quaternary nitrogens is 1. The van der Waals surface area contributed by atoms with Crippen molar-refractivity contribution in [3.8, 4) is 0 Å². The van der Waals surface area contributed by atoms with Crippen LogP contribution in [0.3, 0.4) is 0 Å². The van der Waals surface area contributed by atoms with Crippen LogP contribution in [0.15, 0.2) is 50.2 Å². The number of aryl methyl sites for hydroxylation is 2. The van der Waals surface area contributed by atoms with Gasteiger partial charge in [-0.2, -0.15) is 13.2 Å². The molecule has 1 atom stereocenters. The summed E-state index contributed by atoms with van der Waals surface area (Å²) >= 11 is 0. The zero-order valence-corrected chi connectivity index (χ0v) is 14.4. The van der Waals surface area contributed by atoms with E-state index in [0.29, 0.717) is 22.3 Å². The smallest absolute Gasteiger partial charge is 0.438 e. The topological polar surface area (TPSA) is 47.8 Å². The molecule has 2 heterocycles. The first-order chi connectivity index (χ1) is 12.2. The summed E-state index contributed by atoms with van der Waals surface area (Å²) < 4.78 is 49.5.